The lowest BCUT2D eigenvalue weighted by Crippen LogP contribution is -2.49. The molecule has 2 fully saturated rings. The summed E-state index contributed by atoms with van der Waals surface area (Å²) < 4.78 is 45.9. The molecule has 0 N–H and O–H groups in total. The van der Waals surface area contributed by atoms with Crippen LogP contribution in [0.25, 0.3) is 0 Å². The molecule has 1 aromatic carbocycles. The number of ether oxygens (including phenoxy) is 1. The molecule has 3 atom stereocenters. The Bertz CT molecular complexity index is 998. The molecule has 11 heteroatoms. The van der Waals surface area contributed by atoms with Crippen molar-refractivity contribution in [1.29, 1.82) is 0 Å². The Morgan fingerprint density at radius 1 is 1.29 bits per heavy atom. The summed E-state index contributed by atoms with van der Waals surface area (Å²) in [6.45, 7) is 3.38. The third kappa shape index (κ3) is 4.04. The van der Waals surface area contributed by atoms with Crippen LogP contribution in [0.1, 0.15) is 29.5 Å². The van der Waals surface area contributed by atoms with Crippen molar-refractivity contribution >= 4 is 29.5 Å². The predicted octanol–water partition coefficient (Wildman–Crippen LogP) is 4.18. The van der Waals surface area contributed by atoms with Crippen LogP contribution in [0.4, 0.5) is 13.2 Å². The molecule has 168 valence electrons. The van der Waals surface area contributed by atoms with Gasteiger partial charge in [-0.3, -0.25) is 14.6 Å². The zero-order valence-corrected chi connectivity index (χ0v) is 18.4. The number of halogens is 5. The molecule has 3 heterocycles. The van der Waals surface area contributed by atoms with Crippen molar-refractivity contribution in [2.75, 3.05) is 20.2 Å². The van der Waals surface area contributed by atoms with Crippen LogP contribution in [-0.2, 0) is 17.5 Å². The van der Waals surface area contributed by atoms with E-state index in [9.17, 15) is 18.0 Å². The molecule has 0 amide bonds. The quantitative estimate of drug-likeness (QED) is 0.585. The zero-order valence-electron chi connectivity index (χ0n) is 16.9. The molecule has 6 nitrogen and oxygen atoms in total. The first-order valence-electron chi connectivity index (χ1n) is 9.73. The van der Waals surface area contributed by atoms with Gasteiger partial charge in [0, 0.05) is 31.7 Å². The highest BCUT2D eigenvalue weighted by molar-refractivity contribution is 6.32. The van der Waals surface area contributed by atoms with Gasteiger partial charge in [0.25, 0.3) is 0 Å². The number of nitrogens with zero attached hydrogens (tertiary/aromatic N) is 4. The molecule has 4 rings (SSSR count). The van der Waals surface area contributed by atoms with E-state index in [0.29, 0.717) is 36.7 Å². The number of methoxy groups -OCH3 is 1. The number of aromatic nitrogens is 2. The molecule has 2 saturated heterocycles. The zero-order chi connectivity index (χ0) is 22.5. The number of carbonyl (C=O) groups is 1. The molecule has 0 aliphatic carbocycles. The van der Waals surface area contributed by atoms with Crippen molar-refractivity contribution in [3.8, 4) is 5.75 Å². The van der Waals surface area contributed by atoms with E-state index in [0.717, 1.165) is 16.7 Å². The monoisotopic (exact) mass is 476 g/mol. The van der Waals surface area contributed by atoms with E-state index in [4.69, 9.17) is 27.9 Å². The summed E-state index contributed by atoms with van der Waals surface area (Å²) in [5, 5.41) is 3.71. The third-order valence-corrected chi connectivity index (χ3v) is 6.82. The van der Waals surface area contributed by atoms with Gasteiger partial charge in [-0.25, -0.2) is 4.68 Å². The minimum Gasteiger partial charge on any atom is -0.495 e. The Labute approximate surface area is 187 Å². The molecule has 0 spiro atoms. The maximum atomic E-state index is 13.2. The summed E-state index contributed by atoms with van der Waals surface area (Å²) in [7, 11) is 1.56. The number of carbonyl (C=O) groups excluding carboxylic acids is 1. The molecule has 31 heavy (non-hydrogen) atoms. The lowest BCUT2D eigenvalue weighted by atomic mass is 10.1. The molecule has 0 saturated carbocycles. The molecule has 1 aromatic heterocycles. The molecule has 2 aliphatic heterocycles. The lowest BCUT2D eigenvalue weighted by Gasteiger charge is -2.37. The predicted molar refractivity (Wildman–Crippen MR) is 109 cm³/mol. The number of hydrogen-bond acceptors (Lipinski definition) is 5. The topological polar surface area (TPSA) is 50.6 Å². The van der Waals surface area contributed by atoms with E-state index in [1.165, 1.54) is 6.92 Å². The van der Waals surface area contributed by atoms with Gasteiger partial charge >= 0.3 is 6.18 Å². The second-order valence-corrected chi connectivity index (χ2v) is 8.66. The first-order chi connectivity index (χ1) is 14.6. The fourth-order valence-corrected chi connectivity index (χ4v) is 4.97. The van der Waals surface area contributed by atoms with Crippen LogP contribution in [0.15, 0.2) is 18.2 Å². The largest absolute Gasteiger partial charge is 0.495 e. The van der Waals surface area contributed by atoms with Crippen LogP contribution in [-0.4, -0.2) is 58.1 Å². The maximum Gasteiger partial charge on any atom is 0.436 e. The van der Waals surface area contributed by atoms with Gasteiger partial charge in [-0.2, -0.15) is 18.3 Å². The van der Waals surface area contributed by atoms with Crippen molar-refractivity contribution in [3.63, 3.8) is 0 Å². The second-order valence-electron chi connectivity index (χ2n) is 7.88. The Morgan fingerprint density at radius 2 is 2.03 bits per heavy atom. The first-order valence-corrected chi connectivity index (χ1v) is 10.5. The van der Waals surface area contributed by atoms with Gasteiger partial charge < -0.3 is 4.74 Å². The highest BCUT2D eigenvalue weighted by atomic mass is 35.5. The number of likely N-dealkylation sites (tertiary alicyclic amines) is 2. The van der Waals surface area contributed by atoms with E-state index >= 15 is 0 Å². The van der Waals surface area contributed by atoms with E-state index in [-0.39, 0.29) is 17.8 Å². The minimum atomic E-state index is -4.68. The smallest absolute Gasteiger partial charge is 0.436 e. The van der Waals surface area contributed by atoms with Crippen LogP contribution in [0.2, 0.25) is 10.0 Å². The number of aldehydes is 1. The van der Waals surface area contributed by atoms with Gasteiger partial charge in [-0.05, 0) is 31.0 Å². The lowest BCUT2D eigenvalue weighted by molar-refractivity contribution is -0.142. The molecule has 2 aromatic rings. The molecule has 0 radical (unpaired) electrons. The van der Waals surface area contributed by atoms with Crippen LogP contribution >= 0.6 is 23.2 Å². The summed E-state index contributed by atoms with van der Waals surface area (Å²) in [6.07, 6.45) is -4.15. The first kappa shape index (κ1) is 22.4. The number of fused-ring (bicyclic) bond motifs is 2. The average molecular weight is 477 g/mol. The van der Waals surface area contributed by atoms with E-state index < -0.39 is 23.1 Å². The van der Waals surface area contributed by atoms with Crippen molar-refractivity contribution in [1.82, 2.24) is 19.6 Å². The Balaban J connectivity index is 1.50. The molecular formula is C20H21Cl2F3N4O2. The van der Waals surface area contributed by atoms with Crippen molar-refractivity contribution in [2.45, 2.75) is 44.3 Å². The molecular weight excluding hydrogens is 456 g/mol. The van der Waals surface area contributed by atoms with Crippen LogP contribution in [0, 0.1) is 6.92 Å². The van der Waals surface area contributed by atoms with E-state index in [1.807, 2.05) is 17.0 Å². The number of alkyl halides is 3. The van der Waals surface area contributed by atoms with E-state index in [1.54, 1.807) is 13.2 Å². The van der Waals surface area contributed by atoms with Crippen molar-refractivity contribution in [2.24, 2.45) is 0 Å². The fraction of sp³-hybridized carbons (Fsp3) is 0.500. The standard InChI is InChI=1S/C20H21Cl2F3N4O2/c1-11-18(22)19(20(23,24)25)26-29(11)17(10-30)28-9-13-6-14(28)8-27(13)7-12-3-4-15(21)16(5-12)31-2/h3-5,10,13-14,17H,6-9H2,1-2H3. The number of piperazine rings is 1. The van der Waals surface area contributed by atoms with Crippen molar-refractivity contribution < 1.29 is 22.7 Å². The Kier molecular flexibility index (Phi) is 5.97. The van der Waals surface area contributed by atoms with Gasteiger partial charge in [0.1, 0.15) is 5.75 Å². The SMILES string of the molecule is COc1cc(CN2CC3CC2CN3C(C=O)n2nc(C(F)(F)F)c(Cl)c2C)ccc1Cl. The summed E-state index contributed by atoms with van der Waals surface area (Å²) in [4.78, 5) is 16.1. The summed E-state index contributed by atoms with van der Waals surface area (Å²) in [6, 6.07) is 5.85. The average Bonchev–Trinajstić information content (AvgIpc) is 3.38. The number of benzene rings is 1. The van der Waals surface area contributed by atoms with E-state index in [2.05, 4.69) is 10.00 Å². The maximum absolute atomic E-state index is 13.2. The highest BCUT2D eigenvalue weighted by Crippen LogP contribution is 2.39. The fourth-order valence-electron chi connectivity index (χ4n) is 4.55. The normalized spacial score (nSPS) is 22.8. The van der Waals surface area contributed by atoms with Crippen LogP contribution in [0.3, 0.4) is 0 Å². The van der Waals surface area contributed by atoms with Crippen LogP contribution < -0.4 is 4.74 Å². The minimum absolute atomic E-state index is 0.0334. The van der Waals surface area contributed by atoms with Gasteiger partial charge in [0.05, 0.1) is 22.8 Å². The summed E-state index contributed by atoms with van der Waals surface area (Å²) >= 11 is 12.0. The number of hydrogen-bond donors (Lipinski definition) is 0. The number of rotatable bonds is 6. The van der Waals surface area contributed by atoms with Crippen molar-refractivity contribution in [3.05, 3.63) is 45.2 Å². The molecule has 3 unspecified atom stereocenters. The second kappa shape index (κ2) is 8.27. The van der Waals surface area contributed by atoms with Crippen LogP contribution in [0.5, 0.6) is 5.75 Å². The molecule has 2 bridgehead atoms. The Morgan fingerprint density at radius 3 is 2.58 bits per heavy atom. The summed E-state index contributed by atoms with van der Waals surface area (Å²) in [5.41, 5.74) is 0.0111. The Hall–Kier alpha value is -1.81. The van der Waals surface area contributed by atoms with Gasteiger partial charge in [0.2, 0.25) is 0 Å². The van der Waals surface area contributed by atoms with Gasteiger partial charge in [0.15, 0.2) is 18.1 Å². The molecule has 2 aliphatic rings. The van der Waals surface area contributed by atoms with Gasteiger partial charge in [-0.1, -0.05) is 29.3 Å². The highest BCUT2D eigenvalue weighted by Gasteiger charge is 2.47. The summed E-state index contributed by atoms with van der Waals surface area (Å²) in [5.74, 6) is 0.609. The van der Waals surface area contributed by atoms with Gasteiger partial charge in [-0.15, -0.1) is 0 Å². The third-order valence-electron chi connectivity index (χ3n) is 6.06.